The molecular weight excluding hydrogens is 168 g/mol. The lowest BCUT2D eigenvalue weighted by Gasteiger charge is -1.98. The van der Waals surface area contributed by atoms with Crippen molar-refractivity contribution in [2.75, 3.05) is 5.32 Å². The van der Waals surface area contributed by atoms with Gasteiger partial charge in [0.2, 0.25) is 11.8 Å². The summed E-state index contributed by atoms with van der Waals surface area (Å²) >= 11 is 0. The molecule has 0 unspecified atom stereocenters. The highest BCUT2D eigenvalue weighted by Gasteiger charge is 2.30. The molecular formula is C9H12N2O2. The van der Waals surface area contributed by atoms with E-state index in [4.69, 9.17) is 4.52 Å². The van der Waals surface area contributed by atoms with Crippen molar-refractivity contribution in [3.8, 4) is 0 Å². The van der Waals surface area contributed by atoms with Crippen molar-refractivity contribution in [2.45, 2.75) is 26.7 Å². The first-order valence-electron chi connectivity index (χ1n) is 4.42. The largest absolute Gasteiger partial charge is 0.338 e. The monoisotopic (exact) mass is 180 g/mol. The van der Waals surface area contributed by atoms with Crippen molar-refractivity contribution >= 4 is 11.8 Å². The van der Waals surface area contributed by atoms with E-state index in [9.17, 15) is 4.79 Å². The van der Waals surface area contributed by atoms with Crippen LogP contribution in [0.5, 0.6) is 0 Å². The van der Waals surface area contributed by atoms with Crippen molar-refractivity contribution in [1.29, 1.82) is 0 Å². The van der Waals surface area contributed by atoms with Gasteiger partial charge in [-0.15, -0.1) is 0 Å². The second-order valence-corrected chi connectivity index (χ2v) is 3.49. The van der Waals surface area contributed by atoms with Crippen molar-refractivity contribution in [3.63, 3.8) is 0 Å². The van der Waals surface area contributed by atoms with Crippen LogP contribution in [0.3, 0.4) is 0 Å². The zero-order chi connectivity index (χ0) is 9.42. The Labute approximate surface area is 76.3 Å². The van der Waals surface area contributed by atoms with Gasteiger partial charge in [0.15, 0.2) is 0 Å². The van der Waals surface area contributed by atoms with Crippen LogP contribution >= 0.6 is 0 Å². The van der Waals surface area contributed by atoms with Crippen molar-refractivity contribution in [1.82, 2.24) is 5.16 Å². The third-order valence-corrected chi connectivity index (χ3v) is 2.34. The molecule has 4 heteroatoms. The van der Waals surface area contributed by atoms with E-state index in [0.717, 1.165) is 24.1 Å². The minimum Gasteiger partial charge on any atom is -0.338 e. The molecule has 0 radical (unpaired) electrons. The molecule has 1 saturated carbocycles. The average Bonchev–Trinajstić information content (AvgIpc) is 2.89. The van der Waals surface area contributed by atoms with Crippen LogP contribution in [0.25, 0.3) is 0 Å². The second kappa shape index (κ2) is 2.87. The van der Waals surface area contributed by atoms with Crippen LogP contribution < -0.4 is 5.32 Å². The highest BCUT2D eigenvalue weighted by atomic mass is 16.5. The number of amides is 1. The molecule has 1 aromatic heterocycles. The van der Waals surface area contributed by atoms with E-state index in [0.29, 0.717) is 5.88 Å². The number of nitrogens with one attached hydrogen (secondary N) is 1. The Bertz CT molecular complexity index is 339. The minimum absolute atomic E-state index is 0.0549. The van der Waals surface area contributed by atoms with E-state index < -0.39 is 0 Å². The fourth-order valence-electron chi connectivity index (χ4n) is 1.09. The van der Waals surface area contributed by atoms with Gasteiger partial charge >= 0.3 is 0 Å². The van der Waals surface area contributed by atoms with Crippen LogP contribution in [-0.4, -0.2) is 11.1 Å². The molecule has 70 valence electrons. The maximum Gasteiger partial charge on any atom is 0.234 e. The molecule has 1 aliphatic carbocycles. The number of carbonyl (C=O) groups excluding carboxylic acids is 1. The Kier molecular flexibility index (Phi) is 1.83. The van der Waals surface area contributed by atoms with Crippen molar-refractivity contribution in [3.05, 3.63) is 11.3 Å². The molecule has 1 amide bonds. The van der Waals surface area contributed by atoms with E-state index >= 15 is 0 Å². The standard InChI is InChI=1S/C9H12N2O2/c1-5-6(2)11-13-9(5)10-8(12)7-3-4-7/h7H,3-4H2,1-2H3,(H,10,12). The first-order chi connectivity index (χ1) is 6.18. The summed E-state index contributed by atoms with van der Waals surface area (Å²) in [5.74, 6) is 0.749. The van der Waals surface area contributed by atoms with Crippen molar-refractivity contribution in [2.24, 2.45) is 5.92 Å². The van der Waals surface area contributed by atoms with Gasteiger partial charge in [-0.1, -0.05) is 5.16 Å². The summed E-state index contributed by atoms with van der Waals surface area (Å²) in [5, 5.41) is 6.48. The number of anilines is 1. The van der Waals surface area contributed by atoms with E-state index in [1.54, 1.807) is 0 Å². The van der Waals surface area contributed by atoms with E-state index in [1.165, 1.54) is 0 Å². The summed E-state index contributed by atoms with van der Waals surface area (Å²) in [5.41, 5.74) is 1.74. The molecule has 0 aliphatic heterocycles. The highest BCUT2D eigenvalue weighted by molar-refractivity contribution is 5.93. The van der Waals surface area contributed by atoms with Gasteiger partial charge in [0, 0.05) is 11.5 Å². The SMILES string of the molecule is Cc1noc(NC(=O)C2CC2)c1C. The lowest BCUT2D eigenvalue weighted by molar-refractivity contribution is -0.117. The maximum atomic E-state index is 11.3. The molecule has 1 aromatic rings. The summed E-state index contributed by atoms with van der Waals surface area (Å²) in [6.45, 7) is 3.74. The zero-order valence-electron chi connectivity index (χ0n) is 7.76. The van der Waals surface area contributed by atoms with E-state index in [2.05, 4.69) is 10.5 Å². The topological polar surface area (TPSA) is 55.1 Å². The van der Waals surface area contributed by atoms with Crippen molar-refractivity contribution < 1.29 is 9.32 Å². The van der Waals surface area contributed by atoms with Gasteiger partial charge in [-0.05, 0) is 26.7 Å². The van der Waals surface area contributed by atoms with Crippen LogP contribution in [0.2, 0.25) is 0 Å². The van der Waals surface area contributed by atoms with Gasteiger partial charge in [0.1, 0.15) is 0 Å². The van der Waals surface area contributed by atoms with Crippen LogP contribution in [0.15, 0.2) is 4.52 Å². The number of aromatic nitrogens is 1. The fraction of sp³-hybridized carbons (Fsp3) is 0.556. The molecule has 0 aromatic carbocycles. The number of nitrogens with zero attached hydrogens (tertiary/aromatic N) is 1. The predicted octanol–water partition coefficient (Wildman–Crippen LogP) is 1.64. The molecule has 1 fully saturated rings. The Hall–Kier alpha value is -1.32. The van der Waals surface area contributed by atoms with Crippen LogP contribution in [0.4, 0.5) is 5.88 Å². The number of rotatable bonds is 2. The third-order valence-electron chi connectivity index (χ3n) is 2.34. The summed E-state index contributed by atoms with van der Waals surface area (Å²) in [4.78, 5) is 11.3. The highest BCUT2D eigenvalue weighted by Crippen LogP contribution is 2.30. The summed E-state index contributed by atoms with van der Waals surface area (Å²) in [7, 11) is 0. The molecule has 1 N–H and O–H groups in total. The Balaban J connectivity index is 2.08. The molecule has 0 bridgehead atoms. The molecule has 4 nitrogen and oxygen atoms in total. The second-order valence-electron chi connectivity index (χ2n) is 3.49. The summed E-state index contributed by atoms with van der Waals surface area (Å²) < 4.78 is 4.96. The van der Waals surface area contributed by atoms with Gasteiger partial charge in [-0.2, -0.15) is 0 Å². The molecule has 0 spiro atoms. The Morgan fingerprint density at radius 3 is 2.69 bits per heavy atom. The first-order valence-corrected chi connectivity index (χ1v) is 4.42. The normalized spacial score (nSPS) is 15.8. The number of hydrogen-bond acceptors (Lipinski definition) is 3. The quantitative estimate of drug-likeness (QED) is 0.752. The minimum atomic E-state index is 0.0549. The maximum absolute atomic E-state index is 11.3. The van der Waals surface area contributed by atoms with Crippen LogP contribution in [0.1, 0.15) is 24.1 Å². The van der Waals surface area contributed by atoms with Crippen LogP contribution in [-0.2, 0) is 4.79 Å². The molecule has 1 heterocycles. The predicted molar refractivity (Wildman–Crippen MR) is 47.3 cm³/mol. The molecule has 1 aliphatic rings. The molecule has 0 saturated heterocycles. The third kappa shape index (κ3) is 1.56. The molecule has 0 atom stereocenters. The van der Waals surface area contributed by atoms with Gasteiger partial charge < -0.3 is 4.52 Å². The van der Waals surface area contributed by atoms with E-state index in [-0.39, 0.29) is 11.8 Å². The van der Waals surface area contributed by atoms with Gasteiger partial charge in [0.05, 0.1) is 5.69 Å². The molecule has 13 heavy (non-hydrogen) atoms. The molecule has 2 rings (SSSR count). The van der Waals surface area contributed by atoms with Crippen LogP contribution in [0, 0.1) is 19.8 Å². The van der Waals surface area contributed by atoms with Gasteiger partial charge in [-0.3, -0.25) is 10.1 Å². The smallest absolute Gasteiger partial charge is 0.234 e. The Morgan fingerprint density at radius 1 is 1.54 bits per heavy atom. The average molecular weight is 180 g/mol. The first kappa shape index (κ1) is 8.29. The van der Waals surface area contributed by atoms with Gasteiger partial charge in [-0.25, -0.2) is 0 Å². The summed E-state index contributed by atoms with van der Waals surface area (Å²) in [6.07, 6.45) is 2.00. The zero-order valence-corrected chi connectivity index (χ0v) is 7.76. The van der Waals surface area contributed by atoms with Gasteiger partial charge in [0.25, 0.3) is 0 Å². The van der Waals surface area contributed by atoms with E-state index in [1.807, 2.05) is 13.8 Å². The Morgan fingerprint density at radius 2 is 2.23 bits per heavy atom. The summed E-state index contributed by atoms with van der Waals surface area (Å²) in [6, 6.07) is 0. The number of carbonyl (C=O) groups is 1. The number of hydrogen-bond donors (Lipinski definition) is 1. The lowest BCUT2D eigenvalue weighted by atomic mass is 10.3. The fourth-order valence-corrected chi connectivity index (χ4v) is 1.09. The lowest BCUT2D eigenvalue weighted by Crippen LogP contribution is -2.13. The number of aryl methyl sites for hydroxylation is 1.